The lowest BCUT2D eigenvalue weighted by Gasteiger charge is -2.43. The highest BCUT2D eigenvalue weighted by atomic mass is 14.7. The Kier molecular flexibility index (Phi) is 2.40. The molecule has 0 atom stereocenters. The normalized spacial score (nSPS) is 19.4. The Morgan fingerprint density at radius 1 is 1.43 bits per heavy atom. The molecule has 3 N–H and O–H groups in total. The van der Waals surface area contributed by atoms with Crippen LogP contribution in [-0.2, 0) is 5.41 Å². The molecule has 0 bridgehead atoms. The second-order valence-electron chi connectivity index (χ2n) is 4.64. The number of aromatic nitrogens is 1. The van der Waals surface area contributed by atoms with E-state index in [4.69, 9.17) is 5.73 Å². The third-order valence-corrected chi connectivity index (χ3v) is 3.74. The number of aryl methyl sites for hydroxylation is 2. The van der Waals surface area contributed by atoms with E-state index in [1.54, 1.807) is 5.56 Å². The zero-order valence-electron chi connectivity index (χ0n) is 9.19. The van der Waals surface area contributed by atoms with Crippen LogP contribution in [0.2, 0.25) is 0 Å². The van der Waals surface area contributed by atoms with Crippen molar-refractivity contribution in [2.75, 3.05) is 6.54 Å². The summed E-state index contributed by atoms with van der Waals surface area (Å²) < 4.78 is 0. The first-order valence-electron chi connectivity index (χ1n) is 5.55. The van der Waals surface area contributed by atoms with Gasteiger partial charge in [-0.25, -0.2) is 0 Å². The number of nitrogens with two attached hydrogens (primary N) is 1. The predicted octanol–water partition coefficient (Wildman–Crippen LogP) is 2.40. The molecule has 1 saturated carbocycles. The van der Waals surface area contributed by atoms with Crippen molar-refractivity contribution < 1.29 is 0 Å². The molecule has 1 aromatic heterocycles. The van der Waals surface area contributed by atoms with Gasteiger partial charge in [0.25, 0.3) is 0 Å². The Morgan fingerprint density at radius 3 is 2.50 bits per heavy atom. The molecule has 0 aliphatic heterocycles. The van der Waals surface area contributed by atoms with Gasteiger partial charge in [-0.1, -0.05) is 6.42 Å². The van der Waals surface area contributed by atoms with Gasteiger partial charge in [-0.2, -0.15) is 0 Å². The zero-order valence-corrected chi connectivity index (χ0v) is 9.19. The molecule has 1 aliphatic carbocycles. The van der Waals surface area contributed by atoms with Crippen molar-refractivity contribution in [1.82, 2.24) is 4.98 Å². The highest BCUT2D eigenvalue weighted by molar-refractivity contribution is 5.38. The highest BCUT2D eigenvalue weighted by Gasteiger charge is 2.40. The van der Waals surface area contributed by atoms with Crippen molar-refractivity contribution >= 4 is 0 Å². The van der Waals surface area contributed by atoms with Gasteiger partial charge >= 0.3 is 0 Å². The fourth-order valence-electron chi connectivity index (χ4n) is 2.98. The van der Waals surface area contributed by atoms with Crippen molar-refractivity contribution in [3.8, 4) is 0 Å². The van der Waals surface area contributed by atoms with E-state index >= 15 is 0 Å². The molecule has 0 saturated heterocycles. The van der Waals surface area contributed by atoms with E-state index in [1.165, 1.54) is 30.5 Å². The van der Waals surface area contributed by atoms with Crippen LogP contribution in [-0.4, -0.2) is 11.5 Å². The number of hydrogen-bond acceptors (Lipinski definition) is 1. The lowest BCUT2D eigenvalue weighted by molar-refractivity contribution is 0.227. The standard InChI is InChI=1S/C12H20N2/c1-9-8-14-10(2)11(9)12(6-7-13)4-3-5-12/h8,14H,3-7,13H2,1-2H3. The van der Waals surface area contributed by atoms with E-state index in [0.29, 0.717) is 5.41 Å². The molecule has 2 nitrogen and oxygen atoms in total. The summed E-state index contributed by atoms with van der Waals surface area (Å²) in [4.78, 5) is 3.33. The lowest BCUT2D eigenvalue weighted by Crippen LogP contribution is -2.37. The SMILES string of the molecule is Cc1c[nH]c(C)c1C1(CCN)CCC1. The van der Waals surface area contributed by atoms with Crippen LogP contribution < -0.4 is 5.73 Å². The molecule has 2 heteroatoms. The smallest absolute Gasteiger partial charge is 0.0156 e. The van der Waals surface area contributed by atoms with E-state index in [2.05, 4.69) is 25.0 Å². The highest BCUT2D eigenvalue weighted by Crippen LogP contribution is 2.48. The molecule has 1 aliphatic rings. The maximum absolute atomic E-state index is 5.72. The summed E-state index contributed by atoms with van der Waals surface area (Å²) in [7, 11) is 0. The van der Waals surface area contributed by atoms with Gasteiger partial charge in [-0.15, -0.1) is 0 Å². The Labute approximate surface area is 85.9 Å². The number of hydrogen-bond donors (Lipinski definition) is 2. The molecule has 0 amide bonds. The van der Waals surface area contributed by atoms with Crippen LogP contribution in [0.4, 0.5) is 0 Å². The maximum Gasteiger partial charge on any atom is 0.0156 e. The number of rotatable bonds is 3. The topological polar surface area (TPSA) is 41.8 Å². The largest absolute Gasteiger partial charge is 0.365 e. The van der Waals surface area contributed by atoms with Crippen LogP contribution >= 0.6 is 0 Å². The quantitative estimate of drug-likeness (QED) is 0.758. The first kappa shape index (κ1) is 9.78. The Balaban J connectivity index is 2.35. The third kappa shape index (κ3) is 1.29. The van der Waals surface area contributed by atoms with E-state index in [9.17, 15) is 0 Å². The van der Waals surface area contributed by atoms with Gasteiger partial charge in [0, 0.05) is 11.9 Å². The van der Waals surface area contributed by atoms with Gasteiger partial charge in [-0.05, 0) is 56.2 Å². The first-order valence-corrected chi connectivity index (χ1v) is 5.55. The average molecular weight is 192 g/mol. The van der Waals surface area contributed by atoms with Crippen LogP contribution in [0.25, 0.3) is 0 Å². The Hall–Kier alpha value is -0.760. The summed E-state index contributed by atoms with van der Waals surface area (Å²) in [6.45, 7) is 5.19. The van der Waals surface area contributed by atoms with Gasteiger partial charge in [0.15, 0.2) is 0 Å². The Morgan fingerprint density at radius 2 is 2.14 bits per heavy atom. The summed E-state index contributed by atoms with van der Waals surface area (Å²) in [5.41, 5.74) is 10.4. The minimum Gasteiger partial charge on any atom is -0.365 e. The zero-order chi connectivity index (χ0) is 10.2. The maximum atomic E-state index is 5.72. The number of H-pyrrole nitrogens is 1. The van der Waals surface area contributed by atoms with Crippen molar-refractivity contribution in [1.29, 1.82) is 0 Å². The average Bonchev–Trinajstić information content (AvgIpc) is 2.41. The molecule has 14 heavy (non-hydrogen) atoms. The predicted molar refractivity (Wildman–Crippen MR) is 59.5 cm³/mol. The molecule has 0 spiro atoms. The van der Waals surface area contributed by atoms with Gasteiger partial charge in [0.1, 0.15) is 0 Å². The molecule has 0 radical (unpaired) electrons. The van der Waals surface area contributed by atoms with Crippen molar-refractivity contribution in [3.05, 3.63) is 23.0 Å². The fourth-order valence-corrected chi connectivity index (χ4v) is 2.98. The number of aromatic amines is 1. The van der Waals surface area contributed by atoms with Gasteiger partial charge in [-0.3, -0.25) is 0 Å². The van der Waals surface area contributed by atoms with E-state index in [-0.39, 0.29) is 0 Å². The fraction of sp³-hybridized carbons (Fsp3) is 0.667. The second-order valence-corrected chi connectivity index (χ2v) is 4.64. The molecule has 2 rings (SSSR count). The minimum absolute atomic E-state index is 0.420. The van der Waals surface area contributed by atoms with Gasteiger partial charge in [0.05, 0.1) is 0 Å². The monoisotopic (exact) mass is 192 g/mol. The summed E-state index contributed by atoms with van der Waals surface area (Å²) in [6, 6.07) is 0. The van der Waals surface area contributed by atoms with Gasteiger partial charge in [0.2, 0.25) is 0 Å². The summed E-state index contributed by atoms with van der Waals surface area (Å²) in [5, 5.41) is 0. The molecular weight excluding hydrogens is 172 g/mol. The van der Waals surface area contributed by atoms with Crippen LogP contribution in [0, 0.1) is 13.8 Å². The summed E-state index contributed by atoms with van der Waals surface area (Å²) >= 11 is 0. The molecule has 1 heterocycles. The van der Waals surface area contributed by atoms with Gasteiger partial charge < -0.3 is 10.7 Å². The first-order chi connectivity index (χ1) is 6.69. The van der Waals surface area contributed by atoms with Crippen molar-refractivity contribution in [2.45, 2.75) is 44.9 Å². The van der Waals surface area contributed by atoms with Crippen molar-refractivity contribution in [2.24, 2.45) is 5.73 Å². The molecular formula is C12H20N2. The molecule has 78 valence electrons. The van der Waals surface area contributed by atoms with E-state index in [1.807, 2.05) is 0 Å². The Bertz CT molecular complexity index is 302. The van der Waals surface area contributed by atoms with Crippen LogP contribution in [0.15, 0.2) is 6.20 Å². The lowest BCUT2D eigenvalue weighted by atomic mass is 9.61. The molecule has 0 unspecified atom stereocenters. The summed E-state index contributed by atoms with van der Waals surface area (Å²) in [5.74, 6) is 0. The van der Waals surface area contributed by atoms with Crippen LogP contribution in [0.1, 0.15) is 42.5 Å². The van der Waals surface area contributed by atoms with E-state index < -0.39 is 0 Å². The summed E-state index contributed by atoms with van der Waals surface area (Å²) in [6.07, 6.45) is 7.28. The minimum atomic E-state index is 0.420. The second kappa shape index (κ2) is 3.43. The third-order valence-electron chi connectivity index (χ3n) is 3.74. The molecule has 1 fully saturated rings. The number of nitrogens with one attached hydrogen (secondary N) is 1. The molecule has 0 aromatic carbocycles. The van der Waals surface area contributed by atoms with Crippen LogP contribution in [0.3, 0.4) is 0 Å². The van der Waals surface area contributed by atoms with Crippen molar-refractivity contribution in [3.63, 3.8) is 0 Å². The van der Waals surface area contributed by atoms with E-state index in [0.717, 1.165) is 13.0 Å². The molecule has 1 aromatic rings. The van der Waals surface area contributed by atoms with Crippen LogP contribution in [0.5, 0.6) is 0 Å².